The van der Waals surface area contributed by atoms with Gasteiger partial charge in [0.2, 0.25) is 5.91 Å². The molecule has 0 bridgehead atoms. The van der Waals surface area contributed by atoms with Crippen molar-refractivity contribution in [3.05, 3.63) is 146 Å². The Labute approximate surface area is 683 Å². The summed E-state index contributed by atoms with van der Waals surface area (Å²) in [4.78, 5) is 13.5. The average molecular weight is 1590 g/mol. The zero-order valence-corrected chi connectivity index (χ0v) is 69.8. The van der Waals surface area contributed by atoms with Crippen molar-refractivity contribution < 1.29 is 89.4 Å². The van der Waals surface area contributed by atoms with E-state index in [0.29, 0.717) is 12.8 Å². The van der Waals surface area contributed by atoms with E-state index >= 15 is 0 Å². The third kappa shape index (κ3) is 50.3. The molecule has 0 aromatic carbocycles. The lowest BCUT2D eigenvalue weighted by Gasteiger charge is -2.48. The molecule has 0 aromatic rings. The number of carbonyl (C=O) groups is 1. The van der Waals surface area contributed by atoms with Crippen LogP contribution in [0, 0.1) is 0 Å². The van der Waals surface area contributed by atoms with E-state index in [4.69, 9.17) is 28.4 Å². The van der Waals surface area contributed by atoms with Gasteiger partial charge in [0.05, 0.1) is 38.6 Å². The Bertz CT molecular complexity index is 2610. The van der Waals surface area contributed by atoms with Crippen LogP contribution in [0.25, 0.3) is 0 Å². The second-order valence-corrected chi connectivity index (χ2v) is 31.0. The fourth-order valence-corrected chi connectivity index (χ4v) is 14.1. The number of unbranched alkanes of at least 4 members (excludes halogenated alkanes) is 32. The summed E-state index contributed by atoms with van der Waals surface area (Å²) in [5.41, 5.74) is 0. The van der Waals surface area contributed by atoms with E-state index in [2.05, 4.69) is 153 Å². The number of amides is 1. The highest BCUT2D eigenvalue weighted by Crippen LogP contribution is 2.33. The Kier molecular flexibility index (Phi) is 65.3. The molecule has 17 atom stereocenters. The molecule has 3 aliphatic rings. The van der Waals surface area contributed by atoms with Crippen molar-refractivity contribution in [1.82, 2.24) is 5.32 Å². The largest absolute Gasteiger partial charge is 0.394 e. The van der Waals surface area contributed by atoms with Crippen LogP contribution in [0.5, 0.6) is 0 Å². The summed E-state index contributed by atoms with van der Waals surface area (Å²) in [5.74, 6) is -0.293. The highest BCUT2D eigenvalue weighted by atomic mass is 16.8. The van der Waals surface area contributed by atoms with Crippen molar-refractivity contribution in [3.8, 4) is 0 Å². The smallest absolute Gasteiger partial charge is 0.220 e. The van der Waals surface area contributed by atoms with Crippen LogP contribution < -0.4 is 5.32 Å². The molecule has 0 radical (unpaired) electrons. The third-order valence-corrected chi connectivity index (χ3v) is 21.1. The minimum absolute atomic E-state index is 0.222. The van der Waals surface area contributed by atoms with Crippen LogP contribution in [0.3, 0.4) is 0 Å². The Morgan fingerprint density at radius 1 is 0.327 bits per heavy atom. The molecule has 3 fully saturated rings. The minimum Gasteiger partial charge on any atom is -0.394 e. The van der Waals surface area contributed by atoms with Gasteiger partial charge >= 0.3 is 0 Å². The Morgan fingerprint density at radius 2 is 0.619 bits per heavy atom. The van der Waals surface area contributed by atoms with Gasteiger partial charge in [-0.3, -0.25) is 4.79 Å². The summed E-state index contributed by atoms with van der Waals surface area (Å²) in [5, 5.41) is 121. The van der Waals surface area contributed by atoms with Gasteiger partial charge in [-0.05, 0) is 109 Å². The van der Waals surface area contributed by atoms with E-state index in [1.54, 1.807) is 6.08 Å². The number of nitrogens with one attached hydrogen (secondary N) is 1. The van der Waals surface area contributed by atoms with Crippen molar-refractivity contribution >= 4 is 5.91 Å². The number of aliphatic hydroxyl groups is 11. The molecule has 113 heavy (non-hydrogen) atoms. The topological polar surface area (TPSA) is 307 Å². The van der Waals surface area contributed by atoms with Gasteiger partial charge in [-0.15, -0.1) is 0 Å². The lowest BCUT2D eigenvalue weighted by atomic mass is 9.96. The lowest BCUT2D eigenvalue weighted by Crippen LogP contribution is -2.66. The van der Waals surface area contributed by atoms with E-state index in [-0.39, 0.29) is 18.9 Å². The first kappa shape index (κ1) is 103. The number of allylic oxidation sites excluding steroid dienone is 23. The number of hydrogen-bond acceptors (Lipinski definition) is 18. The Balaban J connectivity index is 1.34. The first-order valence-corrected chi connectivity index (χ1v) is 44.6. The molecule has 17 unspecified atom stereocenters. The molecule has 3 saturated heterocycles. The summed E-state index contributed by atoms with van der Waals surface area (Å²) in [6.45, 7) is 1.62. The molecule has 19 nitrogen and oxygen atoms in total. The molecule has 0 saturated carbocycles. The van der Waals surface area contributed by atoms with Gasteiger partial charge < -0.3 is 89.9 Å². The Hall–Kier alpha value is -4.33. The minimum atomic E-state index is -1.99. The maximum Gasteiger partial charge on any atom is 0.220 e. The Morgan fingerprint density at radius 3 is 0.991 bits per heavy atom. The number of rotatable bonds is 70. The van der Waals surface area contributed by atoms with Crippen molar-refractivity contribution in [2.45, 2.75) is 413 Å². The highest BCUT2D eigenvalue weighted by Gasteiger charge is 2.54. The second-order valence-electron chi connectivity index (χ2n) is 31.0. The SMILES string of the molecule is CC/C=C\C/C=C\C/C=C\C/C=C\C/C=C\C/C=C\C/C=C\C/C=C\C/C=C\C/C=C\CCCCCCCCCCCCC(=O)NC(COC1OC(CO)C(OC2OC(CO)C(OC3OC(CO)C(O)C(O)C3O)C(O)C2O)C(O)C1O)C(O)/C=C/CC/C=C/CCCCCCCCCCCCCCCCCCCCCCC. The predicted molar refractivity (Wildman–Crippen MR) is 456 cm³/mol. The molecular weight excluding hydrogens is 1430 g/mol. The molecule has 3 heterocycles. The summed E-state index contributed by atoms with van der Waals surface area (Å²) < 4.78 is 34.5. The molecule has 0 aromatic heterocycles. The van der Waals surface area contributed by atoms with E-state index in [9.17, 15) is 61.0 Å². The average Bonchev–Trinajstić information content (AvgIpc) is 0.777. The molecule has 0 aliphatic carbocycles. The van der Waals surface area contributed by atoms with Crippen LogP contribution >= 0.6 is 0 Å². The first-order valence-electron chi connectivity index (χ1n) is 44.6. The fraction of sp³-hybridized carbons (Fsp3) is 0.734. The molecular formula is C94H159NO18. The van der Waals surface area contributed by atoms with E-state index in [0.717, 1.165) is 116 Å². The van der Waals surface area contributed by atoms with Gasteiger partial charge in [0, 0.05) is 6.42 Å². The predicted octanol–water partition coefficient (Wildman–Crippen LogP) is 17.0. The van der Waals surface area contributed by atoms with E-state index < -0.39 is 124 Å². The zero-order chi connectivity index (χ0) is 81.7. The second kappa shape index (κ2) is 71.8. The zero-order valence-electron chi connectivity index (χ0n) is 69.8. The van der Waals surface area contributed by atoms with Crippen LogP contribution in [0.1, 0.15) is 309 Å². The number of ether oxygens (including phenoxy) is 6. The third-order valence-electron chi connectivity index (χ3n) is 21.1. The van der Waals surface area contributed by atoms with Gasteiger partial charge in [-0.25, -0.2) is 0 Å². The summed E-state index contributed by atoms with van der Waals surface area (Å²) in [6, 6.07) is -1.00. The normalized spacial score (nSPS) is 25.5. The summed E-state index contributed by atoms with van der Waals surface area (Å²) in [6.07, 6.45) is 78.4. The molecule has 648 valence electrons. The van der Waals surface area contributed by atoms with Crippen molar-refractivity contribution in [2.24, 2.45) is 0 Å². The van der Waals surface area contributed by atoms with Crippen molar-refractivity contribution in [3.63, 3.8) is 0 Å². The van der Waals surface area contributed by atoms with Gasteiger partial charge in [-0.2, -0.15) is 0 Å². The molecule has 1 amide bonds. The monoisotopic (exact) mass is 1590 g/mol. The molecule has 19 heteroatoms. The van der Waals surface area contributed by atoms with E-state index in [1.807, 2.05) is 6.08 Å². The van der Waals surface area contributed by atoms with Gasteiger partial charge in [0.25, 0.3) is 0 Å². The summed E-state index contributed by atoms with van der Waals surface area (Å²) in [7, 11) is 0. The van der Waals surface area contributed by atoms with Gasteiger partial charge in [0.1, 0.15) is 73.2 Å². The van der Waals surface area contributed by atoms with Crippen LogP contribution in [0.4, 0.5) is 0 Å². The van der Waals surface area contributed by atoms with Crippen LogP contribution in [0.15, 0.2) is 146 Å². The van der Waals surface area contributed by atoms with Crippen molar-refractivity contribution in [2.75, 3.05) is 26.4 Å². The van der Waals surface area contributed by atoms with Gasteiger partial charge in [-0.1, -0.05) is 339 Å². The lowest BCUT2D eigenvalue weighted by molar-refractivity contribution is -0.379. The van der Waals surface area contributed by atoms with Crippen molar-refractivity contribution in [1.29, 1.82) is 0 Å². The van der Waals surface area contributed by atoms with Gasteiger partial charge in [0.15, 0.2) is 18.9 Å². The van der Waals surface area contributed by atoms with Crippen LogP contribution in [-0.2, 0) is 33.2 Å². The van der Waals surface area contributed by atoms with Crippen LogP contribution in [-0.4, -0.2) is 193 Å². The molecule has 0 spiro atoms. The molecule has 3 aliphatic heterocycles. The maximum absolute atomic E-state index is 13.5. The highest BCUT2D eigenvalue weighted by molar-refractivity contribution is 5.76. The first-order chi connectivity index (χ1) is 55.3. The molecule has 12 N–H and O–H groups in total. The fourth-order valence-electron chi connectivity index (χ4n) is 14.1. The number of carbonyl (C=O) groups excluding carboxylic acids is 1. The quantitative estimate of drug-likeness (QED) is 0.0199. The summed E-state index contributed by atoms with van der Waals surface area (Å²) >= 11 is 0. The molecule has 3 rings (SSSR count). The van der Waals surface area contributed by atoms with E-state index in [1.165, 1.54) is 161 Å². The number of aliphatic hydroxyl groups excluding tert-OH is 11. The standard InChI is InChI=1S/C94H159NO18/c1-3-5-7-9-11-13-15-17-19-21-23-25-27-29-31-32-33-34-35-36-37-38-39-40-41-42-43-44-46-48-50-52-54-56-58-60-62-64-66-68-70-72-82(100)95-77(78(99)71-69-67-65-63-61-59-57-55-53-51-49-47-45-30-28-26-24-22-20-18-16-14-12-10-8-6-4-2)76-108-92-88(106)85(103)90(80(74-97)110-92)113-94-89(107)86(104)91(81(75-98)111-94)112-93-87(105)84(102)83(101)79(73-96)109-93/h5,7,11,13,17,19,23,25,29,31,33-34,36-37,39-40,42-43,46,48,61,63,69,71,77-81,83-94,96-99,101-107H,3-4,6,8-10,12,14-16,18,20-22,24,26-28,30,32,35,38,41,44-45,47,49-60,62,64-68,70,72-76H2,1-2H3,(H,95,100)/b7-5-,13-11-,19-17-,25-23-,31-29-,34-33-,37-36-,40-39-,43-42-,48-46-,63-61+,71-69+. The number of hydrogen-bond donors (Lipinski definition) is 12. The maximum atomic E-state index is 13.5. The van der Waals surface area contributed by atoms with Crippen LogP contribution in [0.2, 0.25) is 0 Å².